The summed E-state index contributed by atoms with van der Waals surface area (Å²) in [6.45, 7) is 20.6. The van der Waals surface area contributed by atoms with Gasteiger partial charge in [-0.2, -0.15) is 0 Å². The Morgan fingerprint density at radius 1 is 0.581 bits per heavy atom. The fourth-order valence-electron chi connectivity index (χ4n) is 9.12. The molecule has 2 aliphatic rings. The molecule has 0 heterocycles. The number of benzene rings is 6. The Hall–Kier alpha value is -6.26. The van der Waals surface area contributed by atoms with E-state index in [1.165, 1.54) is 16.7 Å². The van der Waals surface area contributed by atoms with E-state index < -0.39 is 0 Å². The topological polar surface area (TPSA) is 58.9 Å². The number of phenolic OH excluding ortho intramolecular Hbond substituents is 2. The fraction of sp³-hybridized carbons (Fsp3) is 0.276. The monoisotopic (exact) mass is 820 g/mol. The van der Waals surface area contributed by atoms with Crippen LogP contribution in [0, 0.1) is 18.8 Å². The van der Waals surface area contributed by atoms with Crippen LogP contribution in [0.3, 0.4) is 0 Å². The average molecular weight is 821 g/mol. The van der Waals surface area contributed by atoms with E-state index in [-0.39, 0.29) is 28.2 Å². The van der Waals surface area contributed by atoms with Gasteiger partial charge in [0, 0.05) is 45.7 Å². The van der Waals surface area contributed by atoms with E-state index in [9.17, 15) is 10.2 Å². The lowest BCUT2D eigenvalue weighted by Crippen LogP contribution is -2.20. The molecule has 2 N–H and O–H groups in total. The van der Waals surface area contributed by atoms with Crippen LogP contribution in [0.1, 0.15) is 84.1 Å². The molecule has 0 bridgehead atoms. The first-order valence-electron chi connectivity index (χ1n) is 22.1. The lowest BCUT2D eigenvalue weighted by molar-refractivity contribution is 0.248. The molecule has 2 unspecified atom stereocenters. The molecule has 4 nitrogen and oxygen atoms in total. The first-order chi connectivity index (χ1) is 29.6. The smallest absolute Gasteiger partial charge is 0.131 e. The third-order valence-corrected chi connectivity index (χ3v) is 12.7. The molecular weight excluding hydrogens is 761 g/mol. The maximum Gasteiger partial charge on any atom is 0.131 e. The van der Waals surface area contributed by atoms with E-state index in [1.54, 1.807) is 0 Å². The van der Waals surface area contributed by atoms with Crippen LogP contribution in [0.25, 0.3) is 49.7 Å². The standard InChI is InChI=1S/C58H60O4/c1-36-18-16-20-40-29-27-38(3)54(52(36)40)49-35-42(58(7,8)9)33-47(56(49)60)45-23-13-15-25-51(45)62-31-17-30-61-50-24-14-12-22-44(50)46-32-41(57(4,5)6)34-48(55(46)59)53-37(2)26-28-39-19-10-11-21-43(39)53/h10-16,18-29,32-36,52,59-60H,17,30-31H2,1-9H3. The molecule has 6 aromatic carbocycles. The summed E-state index contributed by atoms with van der Waals surface area (Å²) in [6.07, 6.45) is 11.6. The van der Waals surface area contributed by atoms with Crippen LogP contribution in [0.5, 0.6) is 23.0 Å². The normalized spacial score (nSPS) is 16.4. The summed E-state index contributed by atoms with van der Waals surface area (Å²) in [7, 11) is 0. The van der Waals surface area contributed by atoms with Crippen molar-refractivity contribution in [2.75, 3.05) is 13.2 Å². The Labute approximate surface area is 368 Å². The van der Waals surface area contributed by atoms with Gasteiger partial charge in [-0.25, -0.2) is 0 Å². The van der Waals surface area contributed by atoms with Crippen LogP contribution in [-0.4, -0.2) is 23.4 Å². The van der Waals surface area contributed by atoms with Gasteiger partial charge in [0.1, 0.15) is 23.0 Å². The van der Waals surface area contributed by atoms with Gasteiger partial charge in [-0.15, -0.1) is 0 Å². The summed E-state index contributed by atoms with van der Waals surface area (Å²) in [5, 5.41) is 26.7. The molecular formula is C58H60O4. The Kier molecular flexibility index (Phi) is 11.6. The molecule has 0 saturated heterocycles. The van der Waals surface area contributed by atoms with Gasteiger partial charge in [-0.3, -0.25) is 0 Å². The van der Waals surface area contributed by atoms with Crippen molar-refractivity contribution in [3.05, 3.63) is 173 Å². The van der Waals surface area contributed by atoms with Crippen molar-refractivity contribution in [1.82, 2.24) is 0 Å². The first-order valence-corrected chi connectivity index (χ1v) is 22.1. The van der Waals surface area contributed by atoms with Crippen LogP contribution < -0.4 is 9.47 Å². The third-order valence-electron chi connectivity index (χ3n) is 12.7. The van der Waals surface area contributed by atoms with Crippen molar-refractivity contribution in [2.24, 2.45) is 11.8 Å². The van der Waals surface area contributed by atoms with Gasteiger partial charge in [0.05, 0.1) is 13.2 Å². The third kappa shape index (κ3) is 8.23. The molecule has 4 heteroatoms. The van der Waals surface area contributed by atoms with E-state index in [2.05, 4.69) is 153 Å². The van der Waals surface area contributed by atoms with Crippen LogP contribution in [0.4, 0.5) is 0 Å². The SMILES string of the molecule is CC1=C(c2cc(C(C)(C)C)cc(-c3ccccc3OCCCOc3ccccc3-c3cc(C(C)(C)C)cc(-c4c(C)ccc5ccccc45)c3O)c2O)C2C(=CC=CC2C)C=C1. The Morgan fingerprint density at radius 3 is 1.73 bits per heavy atom. The van der Waals surface area contributed by atoms with Gasteiger partial charge < -0.3 is 19.7 Å². The van der Waals surface area contributed by atoms with Crippen LogP contribution in [0.15, 0.2) is 151 Å². The van der Waals surface area contributed by atoms with Gasteiger partial charge in [0.15, 0.2) is 0 Å². The van der Waals surface area contributed by atoms with Crippen molar-refractivity contribution in [3.63, 3.8) is 0 Å². The first kappa shape index (κ1) is 42.4. The summed E-state index contributed by atoms with van der Waals surface area (Å²) in [6, 6.07) is 37.2. The van der Waals surface area contributed by atoms with Crippen molar-refractivity contribution in [1.29, 1.82) is 0 Å². The second-order valence-electron chi connectivity index (χ2n) is 19.2. The molecule has 2 aliphatic carbocycles. The molecule has 0 spiro atoms. The lowest BCUT2D eigenvalue weighted by atomic mass is 9.70. The summed E-state index contributed by atoms with van der Waals surface area (Å²) in [4.78, 5) is 0. The number of aryl methyl sites for hydroxylation is 1. The van der Waals surface area contributed by atoms with Crippen molar-refractivity contribution >= 4 is 16.3 Å². The zero-order valence-corrected chi connectivity index (χ0v) is 37.8. The summed E-state index contributed by atoms with van der Waals surface area (Å²) >= 11 is 0. The van der Waals surface area contributed by atoms with Gasteiger partial charge in [-0.1, -0.05) is 152 Å². The molecule has 0 fully saturated rings. The minimum absolute atomic E-state index is 0.155. The number of phenols is 2. The van der Waals surface area contributed by atoms with Gasteiger partial charge in [0.25, 0.3) is 0 Å². The number of fused-ring (bicyclic) bond motifs is 2. The molecule has 0 amide bonds. The lowest BCUT2D eigenvalue weighted by Gasteiger charge is -2.34. The van der Waals surface area contributed by atoms with Gasteiger partial charge in [-0.05, 0) is 117 Å². The van der Waals surface area contributed by atoms with Crippen molar-refractivity contribution in [3.8, 4) is 56.4 Å². The Balaban J connectivity index is 1.06. The molecule has 62 heavy (non-hydrogen) atoms. The number of para-hydroxylation sites is 2. The minimum Gasteiger partial charge on any atom is -0.507 e. The number of allylic oxidation sites excluding steroid dienone is 8. The van der Waals surface area contributed by atoms with Crippen LogP contribution in [0.2, 0.25) is 0 Å². The molecule has 0 aliphatic heterocycles. The number of hydrogen-bond acceptors (Lipinski definition) is 4. The molecule has 2 atom stereocenters. The molecule has 6 aromatic rings. The molecule has 316 valence electrons. The quantitative estimate of drug-likeness (QED) is 0.135. The second kappa shape index (κ2) is 16.9. The van der Waals surface area contributed by atoms with E-state index in [4.69, 9.17) is 9.47 Å². The number of rotatable bonds is 10. The largest absolute Gasteiger partial charge is 0.507 e. The summed E-state index contributed by atoms with van der Waals surface area (Å²) in [5.41, 5.74) is 12.6. The van der Waals surface area contributed by atoms with E-state index in [0.29, 0.717) is 37.1 Å². The average Bonchev–Trinajstić information content (AvgIpc) is 3.24. The molecule has 8 rings (SSSR count). The number of hydrogen-bond donors (Lipinski definition) is 2. The predicted octanol–water partition coefficient (Wildman–Crippen LogP) is 15.1. The van der Waals surface area contributed by atoms with E-state index in [1.807, 2.05) is 48.5 Å². The fourth-order valence-corrected chi connectivity index (χ4v) is 9.12. The Morgan fingerprint density at radius 2 is 1.11 bits per heavy atom. The van der Waals surface area contributed by atoms with E-state index >= 15 is 0 Å². The number of ether oxygens (including phenoxy) is 2. The van der Waals surface area contributed by atoms with Gasteiger partial charge >= 0.3 is 0 Å². The maximum absolute atomic E-state index is 12.3. The van der Waals surface area contributed by atoms with Crippen LogP contribution >= 0.6 is 0 Å². The zero-order chi connectivity index (χ0) is 43.9. The Bertz CT molecular complexity index is 2800. The molecule has 0 aromatic heterocycles. The maximum atomic E-state index is 12.3. The van der Waals surface area contributed by atoms with Gasteiger partial charge in [0.2, 0.25) is 0 Å². The highest BCUT2D eigenvalue weighted by Crippen LogP contribution is 2.51. The summed E-state index contributed by atoms with van der Waals surface area (Å²) < 4.78 is 13.1. The minimum atomic E-state index is -0.165. The molecule has 0 radical (unpaired) electrons. The molecule has 0 saturated carbocycles. The van der Waals surface area contributed by atoms with Crippen molar-refractivity contribution in [2.45, 2.75) is 79.6 Å². The predicted molar refractivity (Wildman–Crippen MR) is 259 cm³/mol. The van der Waals surface area contributed by atoms with Crippen LogP contribution in [-0.2, 0) is 10.8 Å². The highest BCUT2D eigenvalue weighted by molar-refractivity contribution is 6.01. The highest BCUT2D eigenvalue weighted by atomic mass is 16.5. The number of aromatic hydroxyl groups is 2. The summed E-state index contributed by atoms with van der Waals surface area (Å²) in [5.74, 6) is 2.39. The van der Waals surface area contributed by atoms with E-state index in [0.717, 1.165) is 66.4 Å². The highest BCUT2D eigenvalue weighted by Gasteiger charge is 2.33. The van der Waals surface area contributed by atoms with Crippen molar-refractivity contribution < 1.29 is 19.7 Å². The second-order valence-corrected chi connectivity index (χ2v) is 19.2. The zero-order valence-electron chi connectivity index (χ0n) is 37.8.